The molecule has 0 aromatic carbocycles. The number of aromatic nitrogens is 1. The van der Waals surface area contributed by atoms with Gasteiger partial charge in [0.15, 0.2) is 5.96 Å². The molecule has 1 aromatic rings. The highest BCUT2D eigenvalue weighted by atomic mass is 16.4. The number of rotatable bonds is 5. The van der Waals surface area contributed by atoms with Crippen LogP contribution in [0.5, 0.6) is 0 Å². The molecule has 0 spiro atoms. The zero-order chi connectivity index (χ0) is 18.4. The lowest BCUT2D eigenvalue weighted by molar-refractivity contribution is -0.128. The van der Waals surface area contributed by atoms with Gasteiger partial charge in [0.1, 0.15) is 5.76 Å². The summed E-state index contributed by atoms with van der Waals surface area (Å²) in [4.78, 5) is 20.2. The Morgan fingerprint density at radius 1 is 1.12 bits per heavy atom. The van der Waals surface area contributed by atoms with Crippen molar-refractivity contribution < 1.29 is 9.21 Å². The average molecular weight is 337 g/mol. The molecule has 0 radical (unpaired) electrons. The molecular formula is C17H31N5O2. The van der Waals surface area contributed by atoms with E-state index >= 15 is 0 Å². The Kier molecular flexibility index (Phi) is 6.81. The zero-order valence-electron chi connectivity index (χ0n) is 15.9. The fourth-order valence-electron chi connectivity index (χ4n) is 1.74. The van der Waals surface area contributed by atoms with E-state index in [1.54, 1.807) is 13.2 Å². The van der Waals surface area contributed by atoms with Gasteiger partial charge in [0.25, 0.3) is 0 Å². The second-order valence-corrected chi connectivity index (χ2v) is 7.73. The third-order valence-corrected chi connectivity index (χ3v) is 3.31. The Morgan fingerprint density at radius 3 is 2.25 bits per heavy atom. The van der Waals surface area contributed by atoms with Gasteiger partial charge in [-0.1, -0.05) is 41.5 Å². The van der Waals surface area contributed by atoms with E-state index < -0.39 is 0 Å². The fourth-order valence-corrected chi connectivity index (χ4v) is 1.74. The predicted molar refractivity (Wildman–Crippen MR) is 95.9 cm³/mol. The van der Waals surface area contributed by atoms with Gasteiger partial charge in [-0.05, 0) is 0 Å². The Morgan fingerprint density at radius 2 is 1.75 bits per heavy atom. The molecule has 3 N–H and O–H groups in total. The van der Waals surface area contributed by atoms with Crippen molar-refractivity contribution in [2.24, 2.45) is 10.4 Å². The maximum Gasteiger partial charge on any atom is 0.225 e. The van der Waals surface area contributed by atoms with Gasteiger partial charge in [-0.2, -0.15) is 0 Å². The number of amides is 1. The predicted octanol–water partition coefficient (Wildman–Crippen LogP) is 1.80. The van der Waals surface area contributed by atoms with Crippen LogP contribution in [0, 0.1) is 5.41 Å². The van der Waals surface area contributed by atoms with Crippen molar-refractivity contribution in [1.82, 2.24) is 20.9 Å². The van der Waals surface area contributed by atoms with Gasteiger partial charge in [-0.15, -0.1) is 0 Å². The summed E-state index contributed by atoms with van der Waals surface area (Å²) in [6.45, 7) is 13.5. The largest absolute Gasteiger partial charge is 0.443 e. The van der Waals surface area contributed by atoms with Crippen LogP contribution in [-0.2, 0) is 16.8 Å². The molecule has 7 heteroatoms. The second kappa shape index (κ2) is 8.17. The molecule has 0 saturated carbocycles. The molecule has 1 amide bonds. The Bertz CT molecular complexity index is 564. The lowest BCUT2D eigenvalue weighted by Crippen LogP contribution is -2.43. The number of hydrogen-bond donors (Lipinski definition) is 3. The minimum atomic E-state index is -0.379. The van der Waals surface area contributed by atoms with Crippen LogP contribution in [0.1, 0.15) is 53.2 Å². The number of nitrogens with zero attached hydrogens (tertiary/aromatic N) is 2. The SMILES string of the molecule is CN=C(NCCNC(=O)C(C)(C)C)NCc1ncc(C(C)(C)C)o1. The molecule has 24 heavy (non-hydrogen) atoms. The van der Waals surface area contributed by atoms with Crippen LogP contribution >= 0.6 is 0 Å². The first kappa shape index (κ1) is 20.0. The fraction of sp³-hybridized carbons (Fsp3) is 0.706. The zero-order valence-corrected chi connectivity index (χ0v) is 15.9. The summed E-state index contributed by atoms with van der Waals surface area (Å²) in [5.74, 6) is 2.13. The van der Waals surface area contributed by atoms with E-state index in [1.807, 2.05) is 20.8 Å². The van der Waals surface area contributed by atoms with Crippen LogP contribution < -0.4 is 16.0 Å². The number of aliphatic imine (C=N–C) groups is 1. The van der Waals surface area contributed by atoms with Gasteiger partial charge in [0, 0.05) is 31.0 Å². The summed E-state index contributed by atoms with van der Waals surface area (Å²) >= 11 is 0. The van der Waals surface area contributed by atoms with Gasteiger partial charge < -0.3 is 20.4 Å². The minimum absolute atomic E-state index is 0.0294. The maximum atomic E-state index is 11.8. The van der Waals surface area contributed by atoms with Gasteiger partial charge in [-0.25, -0.2) is 4.98 Å². The Labute approximate surface area is 144 Å². The number of guanidine groups is 1. The number of nitrogens with one attached hydrogen (secondary N) is 3. The molecule has 0 bridgehead atoms. The van der Waals surface area contributed by atoms with Crippen molar-refractivity contribution in [3.63, 3.8) is 0 Å². The summed E-state index contributed by atoms with van der Waals surface area (Å²) in [5, 5.41) is 9.16. The van der Waals surface area contributed by atoms with Crippen LogP contribution in [-0.4, -0.2) is 37.0 Å². The summed E-state index contributed by atoms with van der Waals surface area (Å²) in [6.07, 6.45) is 1.76. The van der Waals surface area contributed by atoms with E-state index in [1.165, 1.54) is 0 Å². The minimum Gasteiger partial charge on any atom is -0.443 e. The van der Waals surface area contributed by atoms with Crippen molar-refractivity contribution in [3.8, 4) is 0 Å². The van der Waals surface area contributed by atoms with Crippen LogP contribution in [0.4, 0.5) is 0 Å². The highest BCUT2D eigenvalue weighted by molar-refractivity contribution is 5.81. The third-order valence-electron chi connectivity index (χ3n) is 3.31. The normalized spacial score (nSPS) is 12.9. The van der Waals surface area contributed by atoms with E-state index in [2.05, 4.69) is 46.7 Å². The van der Waals surface area contributed by atoms with E-state index in [0.717, 1.165) is 5.76 Å². The molecule has 0 aliphatic rings. The molecule has 0 fully saturated rings. The first-order chi connectivity index (χ1) is 11.0. The highest BCUT2D eigenvalue weighted by Crippen LogP contribution is 2.22. The first-order valence-electron chi connectivity index (χ1n) is 8.22. The Balaban J connectivity index is 2.36. The molecule has 0 atom stereocenters. The number of hydrogen-bond acceptors (Lipinski definition) is 4. The molecule has 0 aliphatic carbocycles. The van der Waals surface area contributed by atoms with Crippen molar-refractivity contribution in [2.75, 3.05) is 20.1 Å². The van der Waals surface area contributed by atoms with Crippen molar-refractivity contribution in [3.05, 3.63) is 17.8 Å². The summed E-state index contributed by atoms with van der Waals surface area (Å²) in [5.41, 5.74) is -0.438. The number of carbonyl (C=O) groups is 1. The molecule has 0 aliphatic heterocycles. The van der Waals surface area contributed by atoms with E-state index in [9.17, 15) is 4.79 Å². The van der Waals surface area contributed by atoms with Crippen LogP contribution in [0.25, 0.3) is 0 Å². The third kappa shape index (κ3) is 6.60. The monoisotopic (exact) mass is 337 g/mol. The van der Waals surface area contributed by atoms with Gasteiger partial charge in [0.2, 0.25) is 11.8 Å². The van der Waals surface area contributed by atoms with Crippen LogP contribution in [0.2, 0.25) is 0 Å². The average Bonchev–Trinajstić information content (AvgIpc) is 2.94. The summed E-state index contributed by atoms with van der Waals surface area (Å²) in [6, 6.07) is 0. The van der Waals surface area contributed by atoms with E-state index in [4.69, 9.17) is 4.42 Å². The first-order valence-corrected chi connectivity index (χ1v) is 8.22. The van der Waals surface area contributed by atoms with Crippen molar-refractivity contribution >= 4 is 11.9 Å². The lowest BCUT2D eigenvalue weighted by Gasteiger charge is -2.18. The molecular weight excluding hydrogens is 306 g/mol. The smallest absolute Gasteiger partial charge is 0.225 e. The van der Waals surface area contributed by atoms with Gasteiger partial charge in [-0.3, -0.25) is 9.79 Å². The molecule has 136 valence electrons. The topological polar surface area (TPSA) is 91.5 Å². The molecule has 1 heterocycles. The number of oxazole rings is 1. The van der Waals surface area contributed by atoms with E-state index in [0.29, 0.717) is 31.5 Å². The van der Waals surface area contributed by atoms with Crippen LogP contribution in [0.15, 0.2) is 15.6 Å². The molecule has 0 unspecified atom stereocenters. The van der Waals surface area contributed by atoms with Crippen molar-refractivity contribution in [1.29, 1.82) is 0 Å². The van der Waals surface area contributed by atoms with Gasteiger partial charge in [0.05, 0.1) is 12.7 Å². The maximum absolute atomic E-state index is 11.8. The molecule has 0 saturated heterocycles. The Hall–Kier alpha value is -2.05. The van der Waals surface area contributed by atoms with E-state index in [-0.39, 0.29) is 16.7 Å². The molecule has 1 rings (SSSR count). The lowest BCUT2D eigenvalue weighted by atomic mass is 9.94. The standard InChI is InChI=1S/C17H31N5O2/c1-16(2,3)12-10-21-13(24-12)11-22-15(18-7)20-9-8-19-14(23)17(4,5)6/h10H,8-9,11H2,1-7H3,(H,19,23)(H2,18,20,22). The molecule has 1 aromatic heterocycles. The highest BCUT2D eigenvalue weighted by Gasteiger charge is 2.20. The molecule has 7 nitrogen and oxygen atoms in total. The number of carbonyl (C=O) groups excluding carboxylic acids is 1. The summed E-state index contributed by atoms with van der Waals surface area (Å²) < 4.78 is 5.72. The van der Waals surface area contributed by atoms with Crippen molar-refractivity contribution in [2.45, 2.75) is 53.5 Å². The quantitative estimate of drug-likeness (QED) is 0.433. The van der Waals surface area contributed by atoms with Gasteiger partial charge >= 0.3 is 0 Å². The van der Waals surface area contributed by atoms with Crippen LogP contribution in [0.3, 0.4) is 0 Å². The second-order valence-electron chi connectivity index (χ2n) is 7.73. The summed E-state index contributed by atoms with van der Waals surface area (Å²) in [7, 11) is 1.69.